The molecule has 5 nitrogen and oxygen atoms in total. The van der Waals surface area contributed by atoms with E-state index in [4.69, 9.17) is 4.74 Å². The summed E-state index contributed by atoms with van der Waals surface area (Å²) in [6.45, 7) is 3.23. The van der Waals surface area contributed by atoms with Gasteiger partial charge in [-0.05, 0) is 37.9 Å². The number of hydrogen-bond acceptors (Lipinski definition) is 4. The first-order chi connectivity index (χ1) is 9.81. The number of carbonyl (C=O) groups excluding carboxylic acids is 1. The molecule has 106 valence electrons. The van der Waals surface area contributed by atoms with E-state index in [-0.39, 0.29) is 5.97 Å². The van der Waals surface area contributed by atoms with Crippen LogP contribution in [0.1, 0.15) is 48.1 Å². The number of hydrogen-bond donors (Lipinski definition) is 2. The summed E-state index contributed by atoms with van der Waals surface area (Å²) in [4.78, 5) is 12.0. The number of carbonyl (C=O) groups is 1. The van der Waals surface area contributed by atoms with Crippen molar-refractivity contribution in [2.75, 3.05) is 13.2 Å². The van der Waals surface area contributed by atoms with Crippen LogP contribution in [0.3, 0.4) is 0 Å². The normalized spacial score (nSPS) is 19.1. The van der Waals surface area contributed by atoms with E-state index in [1.807, 2.05) is 19.1 Å². The molecule has 0 saturated carbocycles. The number of ether oxygens (including phenoxy) is 1. The summed E-state index contributed by atoms with van der Waals surface area (Å²) < 4.78 is 5.09. The van der Waals surface area contributed by atoms with Crippen molar-refractivity contribution in [3.05, 3.63) is 29.5 Å². The lowest BCUT2D eigenvalue weighted by Crippen LogP contribution is -2.27. The fraction of sp³-hybridized carbons (Fsp3) is 0.467. The van der Waals surface area contributed by atoms with Crippen LogP contribution in [0.5, 0.6) is 0 Å². The monoisotopic (exact) mass is 273 g/mol. The van der Waals surface area contributed by atoms with E-state index in [2.05, 4.69) is 15.5 Å². The summed E-state index contributed by atoms with van der Waals surface area (Å²) in [6.07, 6.45) is 5.28. The summed E-state index contributed by atoms with van der Waals surface area (Å²) in [6, 6.07) is 4.19. The van der Waals surface area contributed by atoms with Gasteiger partial charge in [0.1, 0.15) is 0 Å². The van der Waals surface area contributed by atoms with E-state index in [1.54, 1.807) is 6.20 Å². The predicted octanol–water partition coefficient (Wildman–Crippen LogP) is 2.55. The molecule has 1 atom stereocenters. The maximum atomic E-state index is 12.0. The zero-order valence-electron chi connectivity index (χ0n) is 11.6. The molecule has 1 fully saturated rings. The van der Waals surface area contributed by atoms with E-state index in [0.29, 0.717) is 18.2 Å². The van der Waals surface area contributed by atoms with Gasteiger partial charge in [0.15, 0.2) is 0 Å². The fourth-order valence-corrected chi connectivity index (χ4v) is 2.85. The average Bonchev–Trinajstić information content (AvgIpc) is 2.96. The topological polar surface area (TPSA) is 67.0 Å². The standard InChI is InChI=1S/C15H19N3O2/c1-2-20-15(19)10-6-7-11(13-5-3-4-8-16-13)14-12(10)9-17-18-14/h6-7,9,13,16H,2-5,8H2,1H3,(H,17,18). The minimum absolute atomic E-state index is 0.290. The number of nitrogens with one attached hydrogen (secondary N) is 2. The van der Waals surface area contributed by atoms with Gasteiger partial charge in [-0.25, -0.2) is 4.79 Å². The van der Waals surface area contributed by atoms with Crippen LogP contribution >= 0.6 is 0 Å². The van der Waals surface area contributed by atoms with Gasteiger partial charge >= 0.3 is 5.97 Å². The third kappa shape index (κ3) is 2.29. The van der Waals surface area contributed by atoms with Crippen molar-refractivity contribution < 1.29 is 9.53 Å². The van der Waals surface area contributed by atoms with Crippen LogP contribution < -0.4 is 5.32 Å². The Labute approximate surface area is 117 Å². The molecule has 1 unspecified atom stereocenters. The Kier molecular flexibility index (Phi) is 3.69. The number of fused-ring (bicyclic) bond motifs is 1. The van der Waals surface area contributed by atoms with Gasteiger partial charge in [-0.15, -0.1) is 0 Å². The molecule has 1 aliphatic rings. The molecule has 20 heavy (non-hydrogen) atoms. The summed E-state index contributed by atoms with van der Waals surface area (Å²) in [5.74, 6) is -0.290. The molecule has 0 radical (unpaired) electrons. The first-order valence-electron chi connectivity index (χ1n) is 7.17. The zero-order chi connectivity index (χ0) is 13.9. The summed E-state index contributed by atoms with van der Waals surface area (Å²) in [5, 5.41) is 11.5. The summed E-state index contributed by atoms with van der Waals surface area (Å²) >= 11 is 0. The number of aromatic nitrogens is 2. The highest BCUT2D eigenvalue weighted by Crippen LogP contribution is 2.30. The number of rotatable bonds is 3. The van der Waals surface area contributed by atoms with Crippen LogP contribution in [-0.4, -0.2) is 29.3 Å². The molecule has 2 N–H and O–H groups in total. The van der Waals surface area contributed by atoms with Gasteiger partial charge in [-0.1, -0.05) is 12.5 Å². The Morgan fingerprint density at radius 3 is 3.10 bits per heavy atom. The van der Waals surface area contributed by atoms with Gasteiger partial charge in [-0.3, -0.25) is 5.10 Å². The van der Waals surface area contributed by atoms with E-state index >= 15 is 0 Å². The molecule has 1 aliphatic heterocycles. The van der Waals surface area contributed by atoms with Crippen LogP contribution in [0, 0.1) is 0 Å². The van der Waals surface area contributed by atoms with Crippen molar-refractivity contribution in [3.63, 3.8) is 0 Å². The lowest BCUT2D eigenvalue weighted by Gasteiger charge is -2.24. The molecule has 3 rings (SSSR count). The van der Waals surface area contributed by atoms with Crippen molar-refractivity contribution >= 4 is 16.9 Å². The van der Waals surface area contributed by atoms with Crippen LogP contribution in [0.15, 0.2) is 18.3 Å². The summed E-state index contributed by atoms with van der Waals surface area (Å²) in [7, 11) is 0. The molecule has 2 heterocycles. The van der Waals surface area contributed by atoms with Crippen LogP contribution in [-0.2, 0) is 4.74 Å². The van der Waals surface area contributed by atoms with Crippen molar-refractivity contribution in [1.29, 1.82) is 0 Å². The maximum absolute atomic E-state index is 12.0. The molecule has 2 aromatic rings. The van der Waals surface area contributed by atoms with E-state index in [1.165, 1.54) is 18.4 Å². The molecular formula is C15H19N3O2. The molecule has 1 aromatic carbocycles. The maximum Gasteiger partial charge on any atom is 0.338 e. The minimum atomic E-state index is -0.290. The summed E-state index contributed by atoms with van der Waals surface area (Å²) in [5.41, 5.74) is 2.70. The first-order valence-corrected chi connectivity index (χ1v) is 7.17. The smallest absolute Gasteiger partial charge is 0.338 e. The third-order valence-electron chi connectivity index (χ3n) is 3.83. The van der Waals surface area contributed by atoms with Crippen LogP contribution in [0.2, 0.25) is 0 Å². The lowest BCUT2D eigenvalue weighted by atomic mass is 9.94. The van der Waals surface area contributed by atoms with Gasteiger partial charge in [0.05, 0.1) is 23.9 Å². The zero-order valence-corrected chi connectivity index (χ0v) is 11.6. The van der Waals surface area contributed by atoms with Crippen molar-refractivity contribution in [2.45, 2.75) is 32.2 Å². The number of piperidine rings is 1. The van der Waals surface area contributed by atoms with Gasteiger partial charge in [0, 0.05) is 11.4 Å². The highest BCUT2D eigenvalue weighted by molar-refractivity contribution is 6.04. The van der Waals surface area contributed by atoms with Gasteiger partial charge in [0.2, 0.25) is 0 Å². The fourth-order valence-electron chi connectivity index (χ4n) is 2.85. The van der Waals surface area contributed by atoms with Gasteiger partial charge in [0.25, 0.3) is 0 Å². The highest BCUT2D eigenvalue weighted by atomic mass is 16.5. The molecule has 0 bridgehead atoms. The Balaban J connectivity index is 2.02. The first kappa shape index (κ1) is 13.1. The predicted molar refractivity (Wildman–Crippen MR) is 76.6 cm³/mol. The highest BCUT2D eigenvalue weighted by Gasteiger charge is 2.21. The second-order valence-corrected chi connectivity index (χ2v) is 5.08. The van der Waals surface area contributed by atoms with E-state index < -0.39 is 0 Å². The molecule has 0 amide bonds. The molecule has 1 aromatic heterocycles. The Morgan fingerprint density at radius 2 is 2.35 bits per heavy atom. The minimum Gasteiger partial charge on any atom is -0.462 e. The molecule has 5 heteroatoms. The number of aromatic amines is 1. The van der Waals surface area contributed by atoms with Crippen LogP contribution in [0.25, 0.3) is 10.9 Å². The lowest BCUT2D eigenvalue weighted by molar-refractivity contribution is 0.0528. The largest absolute Gasteiger partial charge is 0.462 e. The second-order valence-electron chi connectivity index (χ2n) is 5.08. The molecule has 0 aliphatic carbocycles. The average molecular weight is 273 g/mol. The third-order valence-corrected chi connectivity index (χ3v) is 3.83. The Bertz CT molecular complexity index is 615. The quantitative estimate of drug-likeness (QED) is 0.843. The Hall–Kier alpha value is -1.88. The van der Waals surface area contributed by atoms with E-state index in [0.717, 1.165) is 23.9 Å². The van der Waals surface area contributed by atoms with Crippen molar-refractivity contribution in [3.8, 4) is 0 Å². The number of H-pyrrole nitrogens is 1. The number of nitrogens with zero attached hydrogens (tertiary/aromatic N) is 1. The molecular weight excluding hydrogens is 254 g/mol. The Morgan fingerprint density at radius 1 is 1.45 bits per heavy atom. The second kappa shape index (κ2) is 5.63. The van der Waals surface area contributed by atoms with Crippen molar-refractivity contribution in [1.82, 2.24) is 15.5 Å². The number of benzene rings is 1. The van der Waals surface area contributed by atoms with Crippen molar-refractivity contribution in [2.24, 2.45) is 0 Å². The van der Waals surface area contributed by atoms with E-state index in [9.17, 15) is 4.79 Å². The van der Waals surface area contributed by atoms with Gasteiger partial charge < -0.3 is 10.1 Å². The SMILES string of the molecule is CCOC(=O)c1ccc(C2CCCCN2)c2[nH]ncc12. The molecule has 0 spiro atoms. The van der Waals surface area contributed by atoms with Crippen LogP contribution in [0.4, 0.5) is 0 Å². The molecule has 1 saturated heterocycles. The van der Waals surface area contributed by atoms with Gasteiger partial charge in [-0.2, -0.15) is 5.10 Å². The number of esters is 1.